The fraction of sp³-hybridized carbons (Fsp3) is 0.300. The Morgan fingerprint density at radius 2 is 1.80 bits per heavy atom. The van der Waals surface area contributed by atoms with Crippen molar-refractivity contribution in [2.75, 3.05) is 0 Å². The van der Waals surface area contributed by atoms with E-state index < -0.39 is 17.9 Å². The van der Waals surface area contributed by atoms with E-state index in [1.54, 1.807) is 18.2 Å². The largest absolute Gasteiger partial charge is 0.481 e. The Morgan fingerprint density at radius 1 is 1.20 bits per heavy atom. The van der Waals surface area contributed by atoms with Crippen LogP contribution in [-0.2, 0) is 9.59 Å². The van der Waals surface area contributed by atoms with Crippen LogP contribution in [0.2, 0.25) is 0 Å². The van der Waals surface area contributed by atoms with Crippen LogP contribution in [0.5, 0.6) is 0 Å². The summed E-state index contributed by atoms with van der Waals surface area (Å²) in [6.45, 7) is 0. The summed E-state index contributed by atoms with van der Waals surface area (Å²) in [6.07, 6.45) is 1.08. The number of rotatable bonds is 5. The molecule has 0 amide bonds. The fourth-order valence-electron chi connectivity index (χ4n) is 1.32. The van der Waals surface area contributed by atoms with Crippen molar-refractivity contribution in [3.05, 3.63) is 30.1 Å². The van der Waals surface area contributed by atoms with Crippen molar-refractivity contribution in [3.8, 4) is 0 Å². The van der Waals surface area contributed by atoms with Gasteiger partial charge in [0, 0.05) is 17.8 Å². The topological polar surface area (TPSA) is 87.5 Å². The maximum Gasteiger partial charge on any atom is 0.304 e. The lowest BCUT2D eigenvalue weighted by atomic mass is 9.97. The van der Waals surface area contributed by atoms with Gasteiger partial charge >= 0.3 is 11.9 Å². The van der Waals surface area contributed by atoms with Gasteiger partial charge in [0.05, 0.1) is 12.8 Å². The van der Waals surface area contributed by atoms with Crippen LogP contribution in [0, 0.1) is 0 Å². The summed E-state index contributed by atoms with van der Waals surface area (Å²) in [5, 5.41) is 17.3. The number of aromatic nitrogens is 1. The van der Waals surface area contributed by atoms with Gasteiger partial charge in [-0.2, -0.15) is 0 Å². The summed E-state index contributed by atoms with van der Waals surface area (Å²) in [4.78, 5) is 25.0. The Bertz CT molecular complexity index is 334. The highest BCUT2D eigenvalue weighted by Crippen LogP contribution is 2.21. The molecular weight excluding hydrogens is 198 g/mol. The first-order chi connectivity index (χ1) is 7.09. The van der Waals surface area contributed by atoms with Crippen LogP contribution in [0.4, 0.5) is 0 Å². The molecule has 0 fully saturated rings. The lowest BCUT2D eigenvalue weighted by molar-refractivity contribution is -0.139. The Labute approximate surface area is 86.4 Å². The Balaban J connectivity index is 2.81. The van der Waals surface area contributed by atoms with Gasteiger partial charge in [0.1, 0.15) is 0 Å². The van der Waals surface area contributed by atoms with Gasteiger partial charge in [0.15, 0.2) is 0 Å². The highest BCUT2D eigenvalue weighted by Gasteiger charge is 2.19. The number of hydrogen-bond acceptors (Lipinski definition) is 3. The predicted octanol–water partition coefficient (Wildman–Crippen LogP) is 1.11. The SMILES string of the molecule is O=C(O)CC(CC(=O)O)c1ccccn1. The molecule has 0 saturated carbocycles. The third-order valence-electron chi connectivity index (χ3n) is 1.95. The van der Waals surface area contributed by atoms with E-state index >= 15 is 0 Å². The average molecular weight is 209 g/mol. The lowest BCUT2D eigenvalue weighted by Crippen LogP contribution is -2.12. The number of carboxylic acid groups (broad SMARTS) is 2. The van der Waals surface area contributed by atoms with Crippen LogP contribution < -0.4 is 0 Å². The summed E-state index contributed by atoms with van der Waals surface area (Å²) in [5.74, 6) is -2.61. The molecule has 0 aliphatic rings. The Morgan fingerprint density at radius 3 is 2.20 bits per heavy atom. The first kappa shape index (κ1) is 11.2. The van der Waals surface area contributed by atoms with Crippen LogP contribution in [0.1, 0.15) is 24.5 Å². The van der Waals surface area contributed by atoms with Crippen LogP contribution in [0.25, 0.3) is 0 Å². The highest BCUT2D eigenvalue weighted by atomic mass is 16.4. The van der Waals surface area contributed by atoms with Crippen molar-refractivity contribution in [2.24, 2.45) is 0 Å². The fourth-order valence-corrected chi connectivity index (χ4v) is 1.32. The maximum absolute atomic E-state index is 10.5. The van der Waals surface area contributed by atoms with Gasteiger partial charge < -0.3 is 10.2 Å². The molecule has 1 heterocycles. The lowest BCUT2D eigenvalue weighted by Gasteiger charge is -2.10. The van der Waals surface area contributed by atoms with Crippen LogP contribution in [0.3, 0.4) is 0 Å². The Hall–Kier alpha value is -1.91. The molecule has 5 heteroatoms. The molecular formula is C10H11NO4. The number of carboxylic acids is 2. The van der Waals surface area contributed by atoms with E-state index in [9.17, 15) is 9.59 Å². The molecule has 1 aromatic rings. The minimum Gasteiger partial charge on any atom is -0.481 e. The van der Waals surface area contributed by atoms with Crippen LogP contribution in [-0.4, -0.2) is 27.1 Å². The molecule has 2 N–H and O–H groups in total. The second kappa shape index (κ2) is 5.09. The number of pyridine rings is 1. The summed E-state index contributed by atoms with van der Waals surface area (Å²) in [5.41, 5.74) is 0.502. The summed E-state index contributed by atoms with van der Waals surface area (Å²) in [6, 6.07) is 5.04. The van der Waals surface area contributed by atoms with Crippen molar-refractivity contribution in [1.82, 2.24) is 4.98 Å². The Kier molecular flexibility index (Phi) is 3.79. The molecule has 0 atom stereocenters. The molecule has 0 unspecified atom stereocenters. The standard InChI is InChI=1S/C10H11NO4/c12-9(13)5-7(6-10(14)15)8-3-1-2-4-11-8/h1-4,7H,5-6H2,(H,12,13)(H,14,15). The van der Waals surface area contributed by atoms with Crippen molar-refractivity contribution >= 4 is 11.9 Å². The molecule has 0 radical (unpaired) electrons. The predicted molar refractivity (Wildman–Crippen MR) is 51.5 cm³/mol. The zero-order chi connectivity index (χ0) is 11.3. The monoisotopic (exact) mass is 209 g/mol. The van der Waals surface area contributed by atoms with Crippen LogP contribution >= 0.6 is 0 Å². The van der Waals surface area contributed by atoms with Crippen molar-refractivity contribution in [3.63, 3.8) is 0 Å². The van der Waals surface area contributed by atoms with Gasteiger partial charge in [0.25, 0.3) is 0 Å². The van der Waals surface area contributed by atoms with E-state index in [4.69, 9.17) is 10.2 Å². The molecule has 0 spiro atoms. The number of aliphatic carboxylic acids is 2. The maximum atomic E-state index is 10.5. The molecule has 80 valence electrons. The summed E-state index contributed by atoms with van der Waals surface area (Å²) < 4.78 is 0. The van der Waals surface area contributed by atoms with Gasteiger partial charge in [-0.1, -0.05) is 6.07 Å². The third kappa shape index (κ3) is 3.76. The molecule has 0 bridgehead atoms. The highest BCUT2D eigenvalue weighted by molar-refractivity contribution is 5.72. The molecule has 0 aliphatic heterocycles. The van der Waals surface area contributed by atoms with Gasteiger partial charge in [0.2, 0.25) is 0 Å². The zero-order valence-electron chi connectivity index (χ0n) is 7.96. The minimum atomic E-state index is -1.02. The van der Waals surface area contributed by atoms with Gasteiger partial charge in [-0.3, -0.25) is 14.6 Å². The van der Waals surface area contributed by atoms with Crippen molar-refractivity contribution in [1.29, 1.82) is 0 Å². The number of nitrogens with zero attached hydrogens (tertiary/aromatic N) is 1. The molecule has 0 aliphatic carbocycles. The zero-order valence-corrected chi connectivity index (χ0v) is 7.96. The van der Waals surface area contributed by atoms with Crippen molar-refractivity contribution in [2.45, 2.75) is 18.8 Å². The van der Waals surface area contributed by atoms with Crippen molar-refractivity contribution < 1.29 is 19.8 Å². The first-order valence-electron chi connectivity index (χ1n) is 4.44. The van der Waals surface area contributed by atoms with Gasteiger partial charge in [-0.05, 0) is 12.1 Å². The molecule has 1 rings (SSSR count). The third-order valence-corrected chi connectivity index (χ3v) is 1.95. The van der Waals surface area contributed by atoms with E-state index in [-0.39, 0.29) is 12.8 Å². The normalized spacial score (nSPS) is 10.2. The first-order valence-corrected chi connectivity index (χ1v) is 4.44. The second-order valence-corrected chi connectivity index (χ2v) is 3.15. The van der Waals surface area contributed by atoms with E-state index in [0.717, 1.165) is 0 Å². The number of carbonyl (C=O) groups is 2. The van der Waals surface area contributed by atoms with Gasteiger partial charge in [-0.25, -0.2) is 0 Å². The quantitative estimate of drug-likeness (QED) is 0.758. The number of hydrogen-bond donors (Lipinski definition) is 2. The van der Waals surface area contributed by atoms with Gasteiger partial charge in [-0.15, -0.1) is 0 Å². The molecule has 0 aromatic carbocycles. The smallest absolute Gasteiger partial charge is 0.304 e. The van der Waals surface area contributed by atoms with E-state index in [1.807, 2.05) is 0 Å². The molecule has 1 aromatic heterocycles. The molecule has 15 heavy (non-hydrogen) atoms. The average Bonchev–Trinajstić information content (AvgIpc) is 2.17. The minimum absolute atomic E-state index is 0.219. The second-order valence-electron chi connectivity index (χ2n) is 3.15. The van der Waals surface area contributed by atoms with E-state index in [2.05, 4.69) is 4.98 Å². The molecule has 5 nitrogen and oxygen atoms in total. The summed E-state index contributed by atoms with van der Waals surface area (Å²) >= 11 is 0. The van der Waals surface area contributed by atoms with E-state index in [1.165, 1.54) is 6.20 Å². The summed E-state index contributed by atoms with van der Waals surface area (Å²) in [7, 11) is 0. The molecule has 0 saturated heterocycles. The van der Waals surface area contributed by atoms with Crippen LogP contribution in [0.15, 0.2) is 24.4 Å². The van der Waals surface area contributed by atoms with E-state index in [0.29, 0.717) is 5.69 Å².